The highest BCUT2D eigenvalue weighted by Crippen LogP contribution is 2.16. The second kappa shape index (κ2) is 17.8. The van der Waals surface area contributed by atoms with Crippen LogP contribution in [-0.4, -0.2) is 114 Å². The number of carboxylic acid groups (broad SMARTS) is 1. The predicted molar refractivity (Wildman–Crippen MR) is 133 cm³/mol. The van der Waals surface area contributed by atoms with Crippen molar-refractivity contribution >= 4 is 35.0 Å². The lowest BCUT2D eigenvalue weighted by atomic mass is 10.2. The molecule has 0 radical (unpaired) electrons. The zero-order valence-electron chi connectivity index (χ0n) is 20.6. The van der Waals surface area contributed by atoms with E-state index in [1.807, 2.05) is 0 Å². The van der Waals surface area contributed by atoms with Crippen molar-refractivity contribution in [2.24, 2.45) is 0 Å². The van der Waals surface area contributed by atoms with Crippen molar-refractivity contribution in [3.05, 3.63) is 0 Å². The summed E-state index contributed by atoms with van der Waals surface area (Å²) in [4.78, 5) is 10.5. The fraction of sp³-hybridized carbons (Fsp3) is 0.950. The van der Waals surface area contributed by atoms with Crippen molar-refractivity contribution in [2.75, 3.05) is 64.1 Å². The van der Waals surface area contributed by atoms with E-state index in [4.69, 9.17) is 23.7 Å². The number of hydrogen-bond donors (Lipinski definition) is 3. The van der Waals surface area contributed by atoms with Gasteiger partial charge in [-0.2, -0.15) is 16.8 Å². The van der Waals surface area contributed by atoms with Crippen molar-refractivity contribution in [3.63, 3.8) is 0 Å². The van der Waals surface area contributed by atoms with Gasteiger partial charge in [-0.15, -0.1) is 0 Å². The van der Waals surface area contributed by atoms with Gasteiger partial charge in [0.25, 0.3) is 20.2 Å². The van der Waals surface area contributed by atoms with Crippen LogP contribution in [0.5, 0.6) is 0 Å². The largest absolute Gasteiger partial charge is 0.481 e. The molecule has 3 N–H and O–H groups in total. The summed E-state index contributed by atoms with van der Waals surface area (Å²) >= 11 is 0. The Labute approximate surface area is 206 Å². The zero-order chi connectivity index (χ0) is 26.1. The van der Waals surface area contributed by atoms with Gasteiger partial charge in [0.05, 0.1) is 64.0 Å². The maximum absolute atomic E-state index is 11.1. The monoisotopic (exact) mass is 550 g/mol. The summed E-state index contributed by atoms with van der Waals surface area (Å²) in [5.41, 5.74) is 0. The number of nitrogens with zero attached hydrogens (tertiary/aromatic N) is 1. The maximum Gasteiger partial charge on any atom is 0.305 e. The van der Waals surface area contributed by atoms with Crippen molar-refractivity contribution in [3.8, 4) is 0 Å². The normalized spacial score (nSPS) is 13.0. The molecule has 0 aliphatic carbocycles. The molecule has 0 aromatic heterocycles. The van der Waals surface area contributed by atoms with E-state index in [-0.39, 0.29) is 31.1 Å². The lowest BCUT2D eigenvalue weighted by Gasteiger charge is -2.39. The first-order valence-electron chi connectivity index (χ1n) is 11.9. The molecule has 34 heavy (non-hydrogen) atoms. The Morgan fingerprint density at radius 1 is 0.735 bits per heavy atom. The summed E-state index contributed by atoms with van der Waals surface area (Å²) in [5.74, 6) is -1.51. The van der Waals surface area contributed by atoms with E-state index in [0.29, 0.717) is 63.0 Å². The summed E-state index contributed by atoms with van der Waals surface area (Å²) in [7, 11) is -8.79. The highest BCUT2D eigenvalue weighted by molar-refractivity contribution is 7.86. The van der Waals surface area contributed by atoms with E-state index in [9.17, 15) is 21.6 Å². The van der Waals surface area contributed by atoms with Gasteiger partial charge in [-0.05, 0) is 32.1 Å². The molecule has 0 unspecified atom stereocenters. The highest BCUT2D eigenvalue weighted by Gasteiger charge is 2.27. The number of rotatable bonds is 23. The van der Waals surface area contributed by atoms with Gasteiger partial charge in [-0.1, -0.05) is 19.1 Å². The lowest BCUT2D eigenvalue weighted by Crippen LogP contribution is -2.52. The first kappa shape index (κ1) is 33.4. The molecule has 0 rings (SSSR count). The van der Waals surface area contributed by atoms with Crippen LogP contribution in [0, 0.1) is 0 Å². The first-order chi connectivity index (χ1) is 15.7. The number of quaternary nitrogens is 1. The van der Waals surface area contributed by atoms with Crippen molar-refractivity contribution in [2.45, 2.75) is 57.7 Å². The standard InChI is InChI=1S/C20H43NO10S2Si/c1-34(2)19-7-11-21(9-3-5-17-32(24,25)26,10-4-6-18-33(27,28)29)12-14-31-16-15-30-13-8-20(22)23/h34H,3-19H2,1-2H3,(H2-,22,23,24,25,26,27,28,29)/p+1. The molecule has 204 valence electrons. The molecule has 0 aromatic rings. The molecule has 0 heterocycles. The molecule has 0 aromatic carbocycles. The van der Waals surface area contributed by atoms with Crippen LogP contribution in [0.25, 0.3) is 0 Å². The average molecular weight is 551 g/mol. The molecule has 14 heteroatoms. The summed E-state index contributed by atoms with van der Waals surface area (Å²) in [5, 5.41) is 8.61. The average Bonchev–Trinajstić information content (AvgIpc) is 2.68. The van der Waals surface area contributed by atoms with Crippen LogP contribution in [0.2, 0.25) is 19.1 Å². The van der Waals surface area contributed by atoms with Gasteiger partial charge >= 0.3 is 5.97 Å². The van der Waals surface area contributed by atoms with Crippen molar-refractivity contribution < 1.29 is 49.8 Å². The van der Waals surface area contributed by atoms with Crippen LogP contribution < -0.4 is 0 Å². The summed E-state index contributed by atoms with van der Waals surface area (Å²) < 4.78 is 73.9. The molecule has 0 spiro atoms. The minimum absolute atomic E-state index is 0.0632. The molecular formula is C20H44NO10S2Si+. The number of carbonyl (C=O) groups is 1. The minimum Gasteiger partial charge on any atom is -0.481 e. The molecule has 11 nitrogen and oxygen atoms in total. The van der Waals surface area contributed by atoms with Crippen LogP contribution in [0.1, 0.15) is 38.5 Å². The fourth-order valence-electron chi connectivity index (χ4n) is 3.71. The smallest absolute Gasteiger partial charge is 0.305 e. The third kappa shape index (κ3) is 21.9. The van der Waals surface area contributed by atoms with E-state index in [1.165, 1.54) is 0 Å². The third-order valence-corrected chi connectivity index (χ3v) is 8.70. The van der Waals surface area contributed by atoms with Gasteiger partial charge in [0.2, 0.25) is 0 Å². The topological polar surface area (TPSA) is 164 Å². The van der Waals surface area contributed by atoms with E-state index in [2.05, 4.69) is 13.1 Å². The summed E-state index contributed by atoms with van der Waals surface area (Å²) in [6.07, 6.45) is 2.80. The number of hydrogen-bond acceptors (Lipinski definition) is 7. The summed E-state index contributed by atoms with van der Waals surface area (Å²) in [6, 6.07) is 1.16. The van der Waals surface area contributed by atoms with Crippen molar-refractivity contribution in [1.82, 2.24) is 0 Å². The second-order valence-electron chi connectivity index (χ2n) is 9.13. The van der Waals surface area contributed by atoms with E-state index in [0.717, 1.165) is 19.0 Å². The van der Waals surface area contributed by atoms with Gasteiger partial charge in [-0.3, -0.25) is 13.9 Å². The number of carboxylic acids is 1. The molecule has 0 atom stereocenters. The molecule has 0 saturated heterocycles. The van der Waals surface area contributed by atoms with Crippen molar-refractivity contribution in [1.29, 1.82) is 0 Å². The Morgan fingerprint density at radius 3 is 1.65 bits per heavy atom. The van der Waals surface area contributed by atoms with Crippen LogP contribution in [0.15, 0.2) is 0 Å². The van der Waals surface area contributed by atoms with Gasteiger partial charge in [0.1, 0.15) is 6.54 Å². The third-order valence-electron chi connectivity index (χ3n) is 5.53. The van der Waals surface area contributed by atoms with Crippen LogP contribution in [0.3, 0.4) is 0 Å². The molecule has 0 saturated carbocycles. The van der Waals surface area contributed by atoms with Gasteiger partial charge in [-0.25, -0.2) is 0 Å². The molecule has 0 amide bonds. The van der Waals surface area contributed by atoms with E-state index < -0.39 is 35.0 Å². The molecule has 0 aliphatic heterocycles. The first-order valence-corrected chi connectivity index (χ1v) is 18.2. The van der Waals surface area contributed by atoms with Crippen LogP contribution in [0.4, 0.5) is 0 Å². The fourth-order valence-corrected chi connectivity index (χ4v) is 5.85. The zero-order valence-corrected chi connectivity index (χ0v) is 23.3. The quantitative estimate of drug-likeness (QED) is 0.0735. The molecule has 0 fully saturated rings. The van der Waals surface area contributed by atoms with Gasteiger partial charge in [0, 0.05) is 8.80 Å². The molecule has 0 bridgehead atoms. The Kier molecular flexibility index (Phi) is 17.4. The Balaban J connectivity index is 4.96. The molecular weight excluding hydrogens is 506 g/mol. The Hall–Kier alpha value is -0.613. The second-order valence-corrected chi connectivity index (χ2v) is 15.6. The predicted octanol–water partition coefficient (Wildman–Crippen LogP) is 1.52. The number of unbranched alkanes of at least 4 members (excludes halogenated alkanes) is 2. The SMILES string of the molecule is C[SiH](C)CCC[N+](CCCCS(=O)(=O)O)(CCCCS(=O)(=O)O)CCOCCOCCC(=O)O. The van der Waals surface area contributed by atoms with Gasteiger partial charge < -0.3 is 19.1 Å². The lowest BCUT2D eigenvalue weighted by molar-refractivity contribution is -0.929. The van der Waals surface area contributed by atoms with Crippen LogP contribution >= 0.6 is 0 Å². The van der Waals surface area contributed by atoms with Crippen LogP contribution in [-0.2, 0) is 34.5 Å². The molecule has 0 aliphatic rings. The number of ether oxygens (including phenoxy) is 2. The maximum atomic E-state index is 11.1. The van der Waals surface area contributed by atoms with E-state index >= 15 is 0 Å². The summed E-state index contributed by atoms with van der Waals surface area (Å²) in [6.45, 7) is 8.60. The Morgan fingerprint density at radius 2 is 1.21 bits per heavy atom. The highest BCUT2D eigenvalue weighted by atomic mass is 32.2. The van der Waals surface area contributed by atoms with Gasteiger partial charge in [0.15, 0.2) is 0 Å². The van der Waals surface area contributed by atoms with E-state index in [1.54, 1.807) is 0 Å². The minimum atomic E-state index is -4.02. The Bertz CT molecular complexity index is 719. The number of aliphatic carboxylic acids is 1.